The maximum atomic E-state index is 3.31. The lowest BCUT2D eigenvalue weighted by atomic mass is 10.1. The van der Waals surface area contributed by atoms with Crippen molar-refractivity contribution < 1.29 is 0 Å². The van der Waals surface area contributed by atoms with Gasteiger partial charge in [0.1, 0.15) is 0 Å². The standard InChI is InChI=1S/C14H23N3/c1-12-6-4-5-7-14(12)17-9-8-16(3)11-13(17)10-15-2/h4-7,13,15H,8-11H2,1-3H3. The molecule has 1 aliphatic heterocycles. The molecule has 1 aromatic rings. The molecule has 0 radical (unpaired) electrons. The first-order chi connectivity index (χ1) is 8.22. The number of benzene rings is 1. The molecule has 0 aromatic heterocycles. The summed E-state index contributed by atoms with van der Waals surface area (Å²) in [6.07, 6.45) is 0. The van der Waals surface area contributed by atoms with Gasteiger partial charge >= 0.3 is 0 Å². The average Bonchev–Trinajstić information content (AvgIpc) is 2.31. The Morgan fingerprint density at radius 1 is 1.29 bits per heavy atom. The number of rotatable bonds is 3. The number of piperazine rings is 1. The maximum absolute atomic E-state index is 3.31. The molecule has 0 saturated carbocycles. The number of nitrogens with one attached hydrogen (secondary N) is 1. The Balaban J connectivity index is 2.20. The van der Waals surface area contributed by atoms with Crippen molar-refractivity contribution in [3.8, 4) is 0 Å². The maximum Gasteiger partial charge on any atom is 0.0541 e. The molecule has 1 fully saturated rings. The summed E-state index contributed by atoms with van der Waals surface area (Å²) in [5.74, 6) is 0. The van der Waals surface area contributed by atoms with Crippen molar-refractivity contribution in [2.75, 3.05) is 45.2 Å². The van der Waals surface area contributed by atoms with Gasteiger partial charge in [0.25, 0.3) is 0 Å². The smallest absolute Gasteiger partial charge is 0.0541 e. The van der Waals surface area contributed by atoms with E-state index in [-0.39, 0.29) is 0 Å². The number of nitrogens with zero attached hydrogens (tertiary/aromatic N) is 2. The molecule has 1 heterocycles. The Bertz CT molecular complexity index is 364. The fourth-order valence-corrected chi connectivity index (χ4v) is 2.62. The van der Waals surface area contributed by atoms with Gasteiger partial charge in [-0.25, -0.2) is 0 Å². The Morgan fingerprint density at radius 3 is 2.76 bits per heavy atom. The highest BCUT2D eigenvalue weighted by molar-refractivity contribution is 5.54. The summed E-state index contributed by atoms with van der Waals surface area (Å²) in [6, 6.07) is 9.26. The van der Waals surface area contributed by atoms with Gasteiger partial charge < -0.3 is 15.1 Å². The molecule has 1 unspecified atom stereocenters. The molecule has 0 amide bonds. The summed E-state index contributed by atoms with van der Waals surface area (Å²) in [7, 11) is 4.24. The van der Waals surface area contributed by atoms with Crippen molar-refractivity contribution in [2.24, 2.45) is 0 Å². The minimum absolute atomic E-state index is 0.569. The van der Waals surface area contributed by atoms with E-state index in [0.717, 1.165) is 26.2 Å². The van der Waals surface area contributed by atoms with Gasteiger partial charge in [0.05, 0.1) is 6.04 Å². The summed E-state index contributed by atoms with van der Waals surface area (Å²) in [4.78, 5) is 4.96. The predicted molar refractivity (Wildman–Crippen MR) is 73.7 cm³/mol. The van der Waals surface area contributed by atoms with Gasteiger partial charge in [-0.05, 0) is 32.6 Å². The monoisotopic (exact) mass is 233 g/mol. The minimum Gasteiger partial charge on any atom is -0.364 e. The van der Waals surface area contributed by atoms with Crippen LogP contribution in [0.3, 0.4) is 0 Å². The summed E-state index contributed by atoms with van der Waals surface area (Å²) >= 11 is 0. The molecule has 0 spiro atoms. The highest BCUT2D eigenvalue weighted by atomic mass is 15.3. The predicted octanol–water partition coefficient (Wildman–Crippen LogP) is 1.33. The molecule has 1 atom stereocenters. The number of para-hydroxylation sites is 1. The van der Waals surface area contributed by atoms with Crippen molar-refractivity contribution in [3.05, 3.63) is 29.8 Å². The van der Waals surface area contributed by atoms with E-state index in [2.05, 4.69) is 53.4 Å². The summed E-state index contributed by atoms with van der Waals surface area (Å²) in [5.41, 5.74) is 2.76. The van der Waals surface area contributed by atoms with E-state index < -0.39 is 0 Å². The number of likely N-dealkylation sites (N-methyl/N-ethyl adjacent to an activating group) is 2. The lowest BCUT2D eigenvalue weighted by Gasteiger charge is -2.42. The Hall–Kier alpha value is -1.06. The summed E-state index contributed by atoms with van der Waals surface area (Å²) in [5, 5.41) is 3.31. The van der Waals surface area contributed by atoms with Crippen molar-refractivity contribution in [1.29, 1.82) is 0 Å². The molecule has 2 rings (SSSR count). The minimum atomic E-state index is 0.569. The molecule has 1 aliphatic rings. The van der Waals surface area contributed by atoms with Gasteiger partial charge in [-0.1, -0.05) is 18.2 Å². The largest absolute Gasteiger partial charge is 0.364 e. The normalized spacial score (nSPS) is 21.8. The van der Waals surface area contributed by atoms with Gasteiger partial charge in [0, 0.05) is 31.9 Å². The molecule has 0 aliphatic carbocycles. The van der Waals surface area contributed by atoms with E-state index in [9.17, 15) is 0 Å². The van der Waals surface area contributed by atoms with E-state index >= 15 is 0 Å². The molecule has 94 valence electrons. The number of aryl methyl sites for hydroxylation is 1. The van der Waals surface area contributed by atoms with E-state index in [1.54, 1.807) is 0 Å². The second-order valence-electron chi connectivity index (χ2n) is 4.95. The zero-order valence-corrected chi connectivity index (χ0v) is 11.1. The first kappa shape index (κ1) is 12.4. The first-order valence-electron chi connectivity index (χ1n) is 6.38. The van der Waals surface area contributed by atoms with Crippen molar-refractivity contribution in [3.63, 3.8) is 0 Å². The highest BCUT2D eigenvalue weighted by Gasteiger charge is 2.25. The Labute approximate surface area is 104 Å². The van der Waals surface area contributed by atoms with Crippen molar-refractivity contribution in [2.45, 2.75) is 13.0 Å². The number of anilines is 1. The first-order valence-corrected chi connectivity index (χ1v) is 6.38. The van der Waals surface area contributed by atoms with Crippen LogP contribution in [-0.4, -0.2) is 51.2 Å². The summed E-state index contributed by atoms with van der Waals surface area (Å²) < 4.78 is 0. The van der Waals surface area contributed by atoms with Gasteiger partial charge in [0.2, 0.25) is 0 Å². The molecular weight excluding hydrogens is 210 g/mol. The molecule has 1 saturated heterocycles. The van der Waals surface area contributed by atoms with Crippen LogP contribution in [-0.2, 0) is 0 Å². The van der Waals surface area contributed by atoms with E-state index in [0.29, 0.717) is 6.04 Å². The third kappa shape index (κ3) is 2.79. The highest BCUT2D eigenvalue weighted by Crippen LogP contribution is 2.23. The lowest BCUT2D eigenvalue weighted by molar-refractivity contribution is 0.265. The molecular formula is C14H23N3. The second-order valence-corrected chi connectivity index (χ2v) is 4.95. The lowest BCUT2D eigenvalue weighted by Crippen LogP contribution is -2.55. The van der Waals surface area contributed by atoms with Crippen molar-refractivity contribution in [1.82, 2.24) is 10.2 Å². The van der Waals surface area contributed by atoms with E-state index in [1.165, 1.54) is 11.3 Å². The van der Waals surface area contributed by atoms with Crippen LogP contribution >= 0.6 is 0 Å². The molecule has 0 bridgehead atoms. The van der Waals surface area contributed by atoms with Crippen LogP contribution in [0, 0.1) is 6.92 Å². The quantitative estimate of drug-likeness (QED) is 0.850. The average molecular weight is 233 g/mol. The van der Waals surface area contributed by atoms with Crippen LogP contribution in [0.1, 0.15) is 5.56 Å². The van der Waals surface area contributed by atoms with Gasteiger partial charge in [-0.2, -0.15) is 0 Å². The van der Waals surface area contributed by atoms with Crippen LogP contribution < -0.4 is 10.2 Å². The van der Waals surface area contributed by atoms with E-state index in [1.807, 2.05) is 7.05 Å². The fraction of sp³-hybridized carbons (Fsp3) is 0.571. The van der Waals surface area contributed by atoms with E-state index in [4.69, 9.17) is 0 Å². The third-order valence-corrected chi connectivity index (χ3v) is 3.55. The molecule has 3 heteroatoms. The zero-order valence-electron chi connectivity index (χ0n) is 11.1. The van der Waals surface area contributed by atoms with Crippen molar-refractivity contribution >= 4 is 5.69 Å². The molecule has 17 heavy (non-hydrogen) atoms. The number of hydrogen-bond acceptors (Lipinski definition) is 3. The topological polar surface area (TPSA) is 18.5 Å². The van der Waals surface area contributed by atoms with Crippen LogP contribution in [0.4, 0.5) is 5.69 Å². The molecule has 1 N–H and O–H groups in total. The van der Waals surface area contributed by atoms with Gasteiger partial charge in [-0.3, -0.25) is 0 Å². The van der Waals surface area contributed by atoms with Crippen LogP contribution in [0.15, 0.2) is 24.3 Å². The van der Waals surface area contributed by atoms with Crippen LogP contribution in [0.2, 0.25) is 0 Å². The van der Waals surface area contributed by atoms with Crippen LogP contribution in [0.25, 0.3) is 0 Å². The van der Waals surface area contributed by atoms with Gasteiger partial charge in [-0.15, -0.1) is 0 Å². The molecule has 1 aromatic carbocycles. The van der Waals surface area contributed by atoms with Gasteiger partial charge in [0.15, 0.2) is 0 Å². The summed E-state index contributed by atoms with van der Waals surface area (Å²) in [6.45, 7) is 6.64. The zero-order chi connectivity index (χ0) is 12.3. The second kappa shape index (κ2) is 5.52. The third-order valence-electron chi connectivity index (χ3n) is 3.55. The van der Waals surface area contributed by atoms with Crippen LogP contribution in [0.5, 0.6) is 0 Å². The molecule has 3 nitrogen and oxygen atoms in total. The SMILES string of the molecule is CNCC1CN(C)CCN1c1ccccc1C. The fourth-order valence-electron chi connectivity index (χ4n) is 2.62. The Morgan fingerprint density at radius 2 is 2.06 bits per heavy atom. The number of hydrogen-bond donors (Lipinski definition) is 1. The Kier molecular flexibility index (Phi) is 4.02.